The van der Waals surface area contributed by atoms with Gasteiger partial charge in [0.05, 0.1) is 0 Å². The number of pyridine rings is 1. The second kappa shape index (κ2) is 3.77. The molecule has 0 amide bonds. The summed E-state index contributed by atoms with van der Waals surface area (Å²) in [6.07, 6.45) is 6.84. The summed E-state index contributed by atoms with van der Waals surface area (Å²) in [5.74, 6) is 0.558. The largest absolute Gasteiger partial charge is 0.253 e. The highest BCUT2D eigenvalue weighted by Crippen LogP contribution is 2.18. The van der Waals surface area contributed by atoms with Gasteiger partial charge in [-0.05, 0) is 23.8 Å². The van der Waals surface area contributed by atoms with Crippen LogP contribution in [0.15, 0.2) is 17.2 Å². The molecular weight excluding hydrogens is 154 g/mol. The lowest BCUT2D eigenvalue weighted by atomic mass is 10.1. The van der Waals surface area contributed by atoms with Crippen molar-refractivity contribution in [2.45, 2.75) is 24.7 Å². The smallest absolute Gasteiger partial charge is 0.103 e. The molecule has 1 nitrogen and oxygen atoms in total. The summed E-state index contributed by atoms with van der Waals surface area (Å²) in [4.78, 5) is 5.15. The lowest BCUT2D eigenvalue weighted by Gasteiger charge is -2.04. The standard InChI is InChI=1S/C9H12NS/c1-7(2)8-4-9(11-3)6-10-5-8/h4-5,7H,1-3H3. The van der Waals surface area contributed by atoms with Crippen LogP contribution in [-0.4, -0.2) is 11.2 Å². The van der Waals surface area contributed by atoms with Gasteiger partial charge in [-0.25, -0.2) is 0 Å². The van der Waals surface area contributed by atoms with Crippen molar-refractivity contribution in [3.05, 3.63) is 24.0 Å². The number of nitrogens with zero attached hydrogens (tertiary/aromatic N) is 1. The molecule has 0 atom stereocenters. The number of aromatic nitrogens is 1. The number of hydrogen-bond acceptors (Lipinski definition) is 2. The van der Waals surface area contributed by atoms with Crippen LogP contribution in [-0.2, 0) is 0 Å². The molecule has 0 fully saturated rings. The normalized spacial score (nSPS) is 10.5. The van der Waals surface area contributed by atoms with Gasteiger partial charge in [-0.2, -0.15) is 0 Å². The van der Waals surface area contributed by atoms with Gasteiger partial charge in [-0.15, -0.1) is 11.8 Å². The lowest BCUT2D eigenvalue weighted by molar-refractivity contribution is 0.851. The highest BCUT2D eigenvalue weighted by Gasteiger charge is 1.99. The van der Waals surface area contributed by atoms with Gasteiger partial charge in [0.1, 0.15) is 6.20 Å². The van der Waals surface area contributed by atoms with E-state index in [1.807, 2.05) is 12.5 Å². The summed E-state index contributed by atoms with van der Waals surface area (Å²) >= 11 is 1.68. The highest BCUT2D eigenvalue weighted by atomic mass is 32.2. The van der Waals surface area contributed by atoms with Crippen LogP contribution in [0.25, 0.3) is 0 Å². The zero-order valence-electron chi connectivity index (χ0n) is 7.09. The van der Waals surface area contributed by atoms with E-state index < -0.39 is 0 Å². The second-order valence-corrected chi connectivity index (χ2v) is 3.59. The Morgan fingerprint density at radius 3 is 2.82 bits per heavy atom. The Morgan fingerprint density at radius 2 is 2.27 bits per heavy atom. The van der Waals surface area contributed by atoms with Crippen LogP contribution in [0.4, 0.5) is 0 Å². The third-order valence-electron chi connectivity index (χ3n) is 1.57. The molecule has 59 valence electrons. The summed E-state index contributed by atoms with van der Waals surface area (Å²) in [5, 5.41) is 0. The summed E-state index contributed by atoms with van der Waals surface area (Å²) < 4.78 is 0. The van der Waals surface area contributed by atoms with Crippen molar-refractivity contribution in [3.63, 3.8) is 0 Å². The van der Waals surface area contributed by atoms with Gasteiger partial charge in [0.25, 0.3) is 0 Å². The quantitative estimate of drug-likeness (QED) is 0.626. The van der Waals surface area contributed by atoms with Gasteiger partial charge in [-0.3, -0.25) is 4.98 Å². The van der Waals surface area contributed by atoms with Crippen LogP contribution in [0, 0.1) is 6.20 Å². The van der Waals surface area contributed by atoms with Crippen molar-refractivity contribution in [2.75, 3.05) is 6.26 Å². The minimum Gasteiger partial charge on any atom is -0.253 e. The van der Waals surface area contributed by atoms with E-state index in [1.165, 1.54) is 5.56 Å². The summed E-state index contributed by atoms with van der Waals surface area (Å²) in [6, 6.07) is 2.14. The molecule has 1 heterocycles. The predicted octanol–water partition coefficient (Wildman–Crippen LogP) is 2.73. The molecule has 11 heavy (non-hydrogen) atoms. The predicted molar refractivity (Wildman–Crippen MR) is 48.9 cm³/mol. The zero-order chi connectivity index (χ0) is 8.27. The van der Waals surface area contributed by atoms with Crippen molar-refractivity contribution in [1.29, 1.82) is 0 Å². The maximum atomic E-state index is 4.03. The third kappa shape index (κ3) is 2.22. The van der Waals surface area contributed by atoms with E-state index in [1.54, 1.807) is 11.8 Å². The van der Waals surface area contributed by atoms with Crippen molar-refractivity contribution >= 4 is 11.8 Å². The molecule has 0 saturated heterocycles. The Labute approximate surface area is 72.2 Å². The van der Waals surface area contributed by atoms with Crippen molar-refractivity contribution < 1.29 is 0 Å². The highest BCUT2D eigenvalue weighted by molar-refractivity contribution is 7.98. The Kier molecular flexibility index (Phi) is 2.94. The summed E-state index contributed by atoms with van der Waals surface area (Å²) in [6.45, 7) is 4.34. The first kappa shape index (κ1) is 8.60. The topological polar surface area (TPSA) is 12.9 Å². The molecule has 1 radical (unpaired) electrons. The van der Waals surface area contributed by atoms with E-state index in [0.717, 1.165) is 4.90 Å². The molecule has 1 aromatic heterocycles. The molecule has 0 aliphatic heterocycles. The molecule has 0 unspecified atom stereocenters. The van der Waals surface area contributed by atoms with Gasteiger partial charge >= 0.3 is 0 Å². The first-order valence-corrected chi connectivity index (χ1v) is 4.88. The molecule has 0 aliphatic carbocycles. The van der Waals surface area contributed by atoms with Crippen molar-refractivity contribution in [2.24, 2.45) is 0 Å². The summed E-state index contributed by atoms with van der Waals surface area (Å²) in [5.41, 5.74) is 1.29. The second-order valence-electron chi connectivity index (χ2n) is 2.74. The maximum Gasteiger partial charge on any atom is 0.103 e. The minimum absolute atomic E-state index is 0.558. The van der Waals surface area contributed by atoms with Crippen LogP contribution in [0.2, 0.25) is 0 Å². The Bertz CT molecular complexity index is 233. The maximum absolute atomic E-state index is 4.03. The van der Waals surface area contributed by atoms with Gasteiger partial charge in [0.2, 0.25) is 0 Å². The van der Waals surface area contributed by atoms with E-state index in [2.05, 4.69) is 31.1 Å². The van der Waals surface area contributed by atoms with E-state index >= 15 is 0 Å². The summed E-state index contributed by atoms with van der Waals surface area (Å²) in [7, 11) is 0. The molecular formula is C9H12NS. The number of hydrogen-bond donors (Lipinski definition) is 0. The van der Waals surface area contributed by atoms with Gasteiger partial charge in [-0.1, -0.05) is 13.8 Å². The lowest BCUT2D eigenvalue weighted by Crippen LogP contribution is -1.88. The zero-order valence-corrected chi connectivity index (χ0v) is 7.90. The molecule has 0 N–H and O–H groups in total. The first-order valence-electron chi connectivity index (χ1n) is 3.65. The van der Waals surface area contributed by atoms with Crippen LogP contribution in [0.5, 0.6) is 0 Å². The van der Waals surface area contributed by atoms with Crippen LogP contribution < -0.4 is 0 Å². The van der Waals surface area contributed by atoms with Crippen LogP contribution in [0.1, 0.15) is 25.3 Å². The molecule has 0 aliphatic rings. The van der Waals surface area contributed by atoms with Crippen molar-refractivity contribution in [3.8, 4) is 0 Å². The Morgan fingerprint density at radius 1 is 1.55 bits per heavy atom. The molecule has 0 saturated carbocycles. The molecule has 0 spiro atoms. The van der Waals surface area contributed by atoms with Crippen LogP contribution in [0.3, 0.4) is 0 Å². The number of rotatable bonds is 2. The van der Waals surface area contributed by atoms with E-state index in [9.17, 15) is 0 Å². The molecule has 2 heteroatoms. The molecule has 1 rings (SSSR count). The number of thioether (sulfide) groups is 1. The molecule has 0 aromatic carbocycles. The van der Waals surface area contributed by atoms with Gasteiger partial charge in [0, 0.05) is 11.1 Å². The van der Waals surface area contributed by atoms with Crippen molar-refractivity contribution in [1.82, 2.24) is 4.98 Å². The fourth-order valence-electron chi connectivity index (χ4n) is 0.812. The van der Waals surface area contributed by atoms with E-state index in [0.29, 0.717) is 5.92 Å². The molecule has 1 aromatic rings. The average Bonchev–Trinajstić information content (AvgIpc) is 2.05. The van der Waals surface area contributed by atoms with E-state index in [-0.39, 0.29) is 0 Å². The minimum atomic E-state index is 0.558. The SMILES string of the molecule is CSc1[c]ncc(C(C)C)c1. The Hall–Kier alpha value is -0.500. The first-order chi connectivity index (χ1) is 5.24. The Balaban J connectivity index is 2.91. The van der Waals surface area contributed by atoms with Crippen LogP contribution >= 0.6 is 11.8 Å². The third-order valence-corrected chi connectivity index (χ3v) is 2.22. The van der Waals surface area contributed by atoms with Gasteiger partial charge < -0.3 is 0 Å². The van der Waals surface area contributed by atoms with E-state index in [4.69, 9.17) is 0 Å². The fraction of sp³-hybridized carbons (Fsp3) is 0.444. The average molecular weight is 166 g/mol. The monoisotopic (exact) mass is 166 g/mol. The molecule has 0 bridgehead atoms. The van der Waals surface area contributed by atoms with Gasteiger partial charge in [0.15, 0.2) is 0 Å². The fourth-order valence-corrected chi connectivity index (χ4v) is 1.21.